The normalized spacial score (nSPS) is 16.0. The molecule has 0 radical (unpaired) electrons. The molecule has 0 unspecified atom stereocenters. The van der Waals surface area contributed by atoms with Crippen LogP contribution >= 0.6 is 15.9 Å². The molecule has 0 aromatic heterocycles. The van der Waals surface area contributed by atoms with E-state index in [4.69, 9.17) is 5.11 Å². The molecular weight excluding hydrogens is 324 g/mol. The number of hydrogen-bond donors (Lipinski definition) is 1. The van der Waals surface area contributed by atoms with Gasteiger partial charge in [0.25, 0.3) is 0 Å². The maximum atomic E-state index is 11.7. The number of aliphatic carboxylic acids is 1. The van der Waals surface area contributed by atoms with Crippen LogP contribution in [-0.2, 0) is 9.59 Å². The molecule has 106 valence electrons. The van der Waals surface area contributed by atoms with Crippen molar-refractivity contribution in [3.8, 4) is 0 Å². The summed E-state index contributed by atoms with van der Waals surface area (Å²) in [5.41, 5.74) is 1.74. The first-order chi connectivity index (χ1) is 9.47. The van der Waals surface area contributed by atoms with Gasteiger partial charge in [0.05, 0.1) is 6.54 Å². The number of benzene rings is 1. The Labute approximate surface area is 125 Å². The van der Waals surface area contributed by atoms with E-state index in [0.717, 1.165) is 28.3 Å². The molecule has 20 heavy (non-hydrogen) atoms. The van der Waals surface area contributed by atoms with Crippen molar-refractivity contribution in [2.24, 2.45) is 0 Å². The van der Waals surface area contributed by atoms with Crippen molar-refractivity contribution in [2.75, 3.05) is 31.6 Å². The van der Waals surface area contributed by atoms with Gasteiger partial charge in [0, 0.05) is 36.4 Å². The number of carbonyl (C=O) groups is 2. The molecule has 1 N–H and O–H groups in total. The summed E-state index contributed by atoms with van der Waals surface area (Å²) in [6.07, 6.45) is 2.63. The van der Waals surface area contributed by atoms with E-state index in [1.54, 1.807) is 11.9 Å². The van der Waals surface area contributed by atoms with Crippen molar-refractivity contribution >= 4 is 39.6 Å². The predicted molar refractivity (Wildman–Crippen MR) is 80.7 cm³/mol. The molecule has 1 aliphatic heterocycles. The summed E-state index contributed by atoms with van der Waals surface area (Å²) >= 11 is 3.42. The summed E-state index contributed by atoms with van der Waals surface area (Å²) in [4.78, 5) is 25.9. The second-order valence-electron chi connectivity index (χ2n) is 4.61. The van der Waals surface area contributed by atoms with Gasteiger partial charge in [0.1, 0.15) is 0 Å². The molecule has 1 fully saturated rings. The molecule has 0 saturated carbocycles. The molecule has 6 heteroatoms. The highest BCUT2D eigenvalue weighted by Crippen LogP contribution is 2.26. The van der Waals surface area contributed by atoms with Crippen LogP contribution in [0.5, 0.6) is 0 Å². The van der Waals surface area contributed by atoms with E-state index in [9.17, 15) is 9.59 Å². The van der Waals surface area contributed by atoms with Crippen molar-refractivity contribution < 1.29 is 14.7 Å². The van der Waals surface area contributed by atoms with Gasteiger partial charge in [0.15, 0.2) is 0 Å². The number of carboxylic acids is 1. The van der Waals surface area contributed by atoms with E-state index in [1.165, 1.54) is 6.08 Å². The number of piperazine rings is 1. The van der Waals surface area contributed by atoms with Crippen molar-refractivity contribution in [1.82, 2.24) is 4.90 Å². The topological polar surface area (TPSA) is 60.9 Å². The van der Waals surface area contributed by atoms with E-state index in [2.05, 4.69) is 15.9 Å². The molecule has 1 saturated heterocycles. The van der Waals surface area contributed by atoms with Gasteiger partial charge in [-0.3, -0.25) is 4.79 Å². The lowest BCUT2D eigenvalue weighted by Crippen LogP contribution is -2.48. The van der Waals surface area contributed by atoms with Gasteiger partial charge >= 0.3 is 5.97 Å². The van der Waals surface area contributed by atoms with Gasteiger partial charge in [-0.1, -0.05) is 22.0 Å². The standard InChI is InChI=1S/C14H15BrN2O3/c1-16-6-7-17(9-13(16)18)11-4-2-10(12(15)8-11)3-5-14(19)20/h2-5,8H,6-7,9H2,1H3,(H,19,20)/b5-3+. The molecular formula is C14H15BrN2O3. The Morgan fingerprint density at radius 2 is 2.15 bits per heavy atom. The van der Waals surface area contributed by atoms with Crippen LogP contribution in [0.4, 0.5) is 5.69 Å². The maximum absolute atomic E-state index is 11.7. The Bertz CT molecular complexity index is 572. The first kappa shape index (κ1) is 14.6. The third-order valence-electron chi connectivity index (χ3n) is 3.21. The molecule has 1 amide bonds. The summed E-state index contributed by atoms with van der Waals surface area (Å²) in [5.74, 6) is -0.882. The first-order valence-corrected chi connectivity index (χ1v) is 6.96. The van der Waals surface area contributed by atoms with Gasteiger partial charge < -0.3 is 14.9 Å². The van der Waals surface area contributed by atoms with Crippen LogP contribution in [0.25, 0.3) is 6.08 Å². The summed E-state index contributed by atoms with van der Waals surface area (Å²) < 4.78 is 0.805. The van der Waals surface area contributed by atoms with Crippen LogP contribution in [0.3, 0.4) is 0 Å². The monoisotopic (exact) mass is 338 g/mol. The average Bonchev–Trinajstić information content (AvgIpc) is 2.40. The number of halogens is 1. The Morgan fingerprint density at radius 1 is 1.40 bits per heavy atom. The minimum atomic E-state index is -0.981. The molecule has 2 rings (SSSR count). The number of carbonyl (C=O) groups excluding carboxylic acids is 1. The van der Waals surface area contributed by atoms with Gasteiger partial charge in [-0.25, -0.2) is 4.79 Å². The van der Waals surface area contributed by atoms with Crippen LogP contribution in [0.1, 0.15) is 5.56 Å². The number of anilines is 1. The summed E-state index contributed by atoms with van der Waals surface area (Å²) in [6.45, 7) is 1.86. The number of carboxylic acid groups (broad SMARTS) is 1. The second kappa shape index (κ2) is 6.09. The van der Waals surface area contributed by atoms with Crippen LogP contribution in [-0.4, -0.2) is 48.6 Å². The van der Waals surface area contributed by atoms with E-state index in [1.807, 2.05) is 23.1 Å². The highest BCUT2D eigenvalue weighted by molar-refractivity contribution is 9.10. The molecule has 0 aliphatic carbocycles. The smallest absolute Gasteiger partial charge is 0.328 e. The third-order valence-corrected chi connectivity index (χ3v) is 3.90. The van der Waals surface area contributed by atoms with Gasteiger partial charge in [-0.05, 0) is 23.8 Å². The minimum Gasteiger partial charge on any atom is -0.478 e. The number of rotatable bonds is 3. The highest BCUT2D eigenvalue weighted by atomic mass is 79.9. The number of nitrogens with zero attached hydrogens (tertiary/aromatic N) is 2. The summed E-state index contributed by atoms with van der Waals surface area (Å²) in [7, 11) is 1.80. The Morgan fingerprint density at radius 3 is 2.75 bits per heavy atom. The lowest BCUT2D eigenvalue weighted by molar-refractivity contribution is -0.131. The Kier molecular flexibility index (Phi) is 4.44. The molecule has 0 spiro atoms. The average molecular weight is 339 g/mol. The molecule has 1 aromatic rings. The fourth-order valence-corrected chi connectivity index (χ4v) is 2.49. The van der Waals surface area contributed by atoms with Crippen molar-refractivity contribution in [3.05, 3.63) is 34.3 Å². The molecule has 0 atom stereocenters. The maximum Gasteiger partial charge on any atom is 0.328 e. The zero-order chi connectivity index (χ0) is 14.7. The van der Waals surface area contributed by atoms with Gasteiger partial charge in [-0.2, -0.15) is 0 Å². The second-order valence-corrected chi connectivity index (χ2v) is 5.47. The minimum absolute atomic E-state index is 0.0993. The fraction of sp³-hybridized carbons (Fsp3) is 0.286. The first-order valence-electron chi connectivity index (χ1n) is 6.17. The molecule has 0 bridgehead atoms. The Balaban J connectivity index is 2.17. The van der Waals surface area contributed by atoms with Crippen molar-refractivity contribution in [3.63, 3.8) is 0 Å². The van der Waals surface area contributed by atoms with E-state index in [0.29, 0.717) is 13.1 Å². The number of likely N-dealkylation sites (N-methyl/N-ethyl adjacent to an activating group) is 1. The largest absolute Gasteiger partial charge is 0.478 e. The predicted octanol–water partition coefficient (Wildman–Crippen LogP) is 1.83. The van der Waals surface area contributed by atoms with Crippen molar-refractivity contribution in [2.45, 2.75) is 0 Å². The zero-order valence-corrected chi connectivity index (χ0v) is 12.6. The molecule has 5 nitrogen and oxygen atoms in total. The highest BCUT2D eigenvalue weighted by Gasteiger charge is 2.21. The zero-order valence-electron chi connectivity index (χ0n) is 11.0. The fourth-order valence-electron chi connectivity index (χ4n) is 1.99. The SMILES string of the molecule is CN1CCN(c2ccc(/C=C/C(=O)O)c(Br)c2)CC1=O. The Hall–Kier alpha value is -1.82. The van der Waals surface area contributed by atoms with Crippen molar-refractivity contribution in [1.29, 1.82) is 0 Å². The van der Waals surface area contributed by atoms with E-state index < -0.39 is 5.97 Å². The summed E-state index contributed by atoms with van der Waals surface area (Å²) in [6, 6.07) is 5.63. The van der Waals surface area contributed by atoms with Gasteiger partial charge in [-0.15, -0.1) is 0 Å². The lowest BCUT2D eigenvalue weighted by Gasteiger charge is -2.33. The molecule has 1 aliphatic rings. The van der Waals surface area contributed by atoms with Crippen LogP contribution in [0.2, 0.25) is 0 Å². The van der Waals surface area contributed by atoms with Crippen LogP contribution in [0.15, 0.2) is 28.7 Å². The quantitative estimate of drug-likeness (QED) is 0.854. The van der Waals surface area contributed by atoms with Crippen LogP contribution in [0, 0.1) is 0 Å². The van der Waals surface area contributed by atoms with E-state index in [-0.39, 0.29) is 5.91 Å². The lowest BCUT2D eigenvalue weighted by atomic mass is 10.1. The van der Waals surface area contributed by atoms with Gasteiger partial charge in [0.2, 0.25) is 5.91 Å². The number of hydrogen-bond acceptors (Lipinski definition) is 3. The summed E-state index contributed by atoms with van der Waals surface area (Å²) in [5, 5.41) is 8.63. The van der Waals surface area contributed by atoms with Crippen LogP contribution < -0.4 is 4.90 Å². The number of amides is 1. The molecule has 1 aromatic carbocycles. The third kappa shape index (κ3) is 3.39. The molecule has 1 heterocycles. The van der Waals surface area contributed by atoms with E-state index >= 15 is 0 Å².